The molecule has 4 heteroatoms. The number of aromatic nitrogens is 1. The first kappa shape index (κ1) is 14.5. The van der Waals surface area contributed by atoms with Gasteiger partial charge in [-0.25, -0.2) is 4.98 Å². The van der Waals surface area contributed by atoms with Gasteiger partial charge in [0.05, 0.1) is 12.2 Å². The van der Waals surface area contributed by atoms with E-state index in [0.29, 0.717) is 23.6 Å². The van der Waals surface area contributed by atoms with Gasteiger partial charge in [-0.15, -0.1) is 0 Å². The fourth-order valence-corrected chi connectivity index (χ4v) is 2.61. The van der Waals surface area contributed by atoms with E-state index in [-0.39, 0.29) is 18.6 Å². The number of hydrogen-bond donors (Lipinski definition) is 1. The van der Waals surface area contributed by atoms with Gasteiger partial charge >= 0.3 is 0 Å². The van der Waals surface area contributed by atoms with Crippen LogP contribution in [0.2, 0.25) is 0 Å². The molecule has 0 bridgehead atoms. The molecule has 0 radical (unpaired) electrons. The predicted molar refractivity (Wildman–Crippen MR) is 77.1 cm³/mol. The van der Waals surface area contributed by atoms with E-state index in [4.69, 9.17) is 5.11 Å². The molecule has 106 valence electrons. The second kappa shape index (κ2) is 6.53. The van der Waals surface area contributed by atoms with Crippen LogP contribution < -0.4 is 0 Å². The topological polar surface area (TPSA) is 53.4 Å². The molecular formula is C16H20N2O2. The Morgan fingerprint density at radius 2 is 2.35 bits per heavy atom. The molecule has 0 spiro atoms. The lowest BCUT2D eigenvalue weighted by Crippen LogP contribution is -2.35. The highest BCUT2D eigenvalue weighted by Crippen LogP contribution is 2.24. The number of likely N-dealkylation sites (tertiary alicyclic amines) is 1. The second-order valence-corrected chi connectivity index (χ2v) is 5.32. The summed E-state index contributed by atoms with van der Waals surface area (Å²) in [5.41, 5.74) is 1.05. The van der Waals surface area contributed by atoms with Crippen LogP contribution in [-0.2, 0) is 0 Å². The highest BCUT2D eigenvalue weighted by molar-refractivity contribution is 5.95. The van der Waals surface area contributed by atoms with Crippen LogP contribution in [0, 0.1) is 17.8 Å². The Balaban J connectivity index is 2.24. The van der Waals surface area contributed by atoms with Crippen LogP contribution >= 0.6 is 0 Å². The molecule has 0 aliphatic carbocycles. The molecule has 2 atom stereocenters. The van der Waals surface area contributed by atoms with E-state index >= 15 is 0 Å². The molecule has 1 aliphatic rings. The molecule has 1 N–H and O–H groups in total. The summed E-state index contributed by atoms with van der Waals surface area (Å²) in [7, 11) is 0. The number of nitrogens with zero attached hydrogens (tertiary/aromatic N) is 2. The largest absolute Gasteiger partial charge is 0.395 e. The van der Waals surface area contributed by atoms with Crippen LogP contribution in [0.5, 0.6) is 0 Å². The molecule has 1 fully saturated rings. The summed E-state index contributed by atoms with van der Waals surface area (Å²) in [6.45, 7) is 5.03. The number of aliphatic hydroxyl groups excluding tert-OH is 1. The van der Waals surface area contributed by atoms with Gasteiger partial charge in [0.2, 0.25) is 0 Å². The van der Waals surface area contributed by atoms with Crippen LogP contribution in [0.15, 0.2) is 18.3 Å². The Bertz CT molecular complexity index is 545. The van der Waals surface area contributed by atoms with Gasteiger partial charge < -0.3 is 10.0 Å². The first-order valence-corrected chi connectivity index (χ1v) is 6.99. The molecule has 0 aromatic carbocycles. The van der Waals surface area contributed by atoms with E-state index in [1.165, 1.54) is 0 Å². The Hall–Kier alpha value is -1.86. The minimum absolute atomic E-state index is 0.0250. The summed E-state index contributed by atoms with van der Waals surface area (Å²) in [6, 6.07) is 3.82. The van der Waals surface area contributed by atoms with E-state index < -0.39 is 0 Å². The van der Waals surface area contributed by atoms with Crippen LogP contribution in [0.1, 0.15) is 42.7 Å². The average Bonchev–Trinajstić information content (AvgIpc) is 2.78. The Kier molecular flexibility index (Phi) is 4.75. The minimum atomic E-state index is -0.0456. The zero-order chi connectivity index (χ0) is 14.5. The monoisotopic (exact) mass is 272 g/mol. The molecule has 1 aromatic heterocycles. The van der Waals surface area contributed by atoms with Gasteiger partial charge in [0.15, 0.2) is 0 Å². The fraction of sp³-hybridized carbons (Fsp3) is 0.500. The number of carbonyl (C=O) groups is 1. The molecule has 0 saturated carbocycles. The average molecular weight is 272 g/mol. The van der Waals surface area contributed by atoms with E-state index in [9.17, 15) is 4.79 Å². The van der Waals surface area contributed by atoms with Gasteiger partial charge in [-0.05, 0) is 31.4 Å². The number of aliphatic hydroxyl groups is 1. The third kappa shape index (κ3) is 3.17. The molecular weight excluding hydrogens is 252 g/mol. The quantitative estimate of drug-likeness (QED) is 0.834. The van der Waals surface area contributed by atoms with Crippen molar-refractivity contribution >= 4 is 5.91 Å². The van der Waals surface area contributed by atoms with E-state index in [0.717, 1.165) is 13.0 Å². The molecule has 1 aliphatic heterocycles. The van der Waals surface area contributed by atoms with Crippen LogP contribution in [0.3, 0.4) is 0 Å². The molecule has 1 amide bonds. The summed E-state index contributed by atoms with van der Waals surface area (Å²) in [5.74, 6) is 6.25. The predicted octanol–water partition coefficient (Wildman–Crippen LogP) is 1.69. The molecule has 1 saturated heterocycles. The zero-order valence-electron chi connectivity index (χ0n) is 12.0. The van der Waals surface area contributed by atoms with Crippen molar-refractivity contribution in [2.24, 2.45) is 5.92 Å². The van der Waals surface area contributed by atoms with Gasteiger partial charge in [-0.3, -0.25) is 4.79 Å². The van der Waals surface area contributed by atoms with Crippen molar-refractivity contribution < 1.29 is 9.90 Å². The second-order valence-electron chi connectivity index (χ2n) is 5.32. The number of carbonyl (C=O) groups excluding carboxylic acids is 1. The lowest BCUT2D eigenvalue weighted by atomic mass is 10.1. The number of pyridine rings is 1. The molecule has 4 nitrogen and oxygen atoms in total. The van der Waals surface area contributed by atoms with Gasteiger partial charge in [0.25, 0.3) is 5.91 Å². The van der Waals surface area contributed by atoms with Crippen LogP contribution in [0.25, 0.3) is 0 Å². The first-order chi connectivity index (χ1) is 9.63. The van der Waals surface area contributed by atoms with Crippen LogP contribution in [0.4, 0.5) is 0 Å². The first-order valence-electron chi connectivity index (χ1n) is 6.99. The smallest absolute Gasteiger partial charge is 0.273 e. The summed E-state index contributed by atoms with van der Waals surface area (Å²) in [4.78, 5) is 18.7. The Labute approximate surface area is 119 Å². The number of hydrogen-bond acceptors (Lipinski definition) is 3. The SMILES string of the molecule is CC1CC(C)N(C(=O)c2ncccc2C#CCCO)C1. The molecule has 2 rings (SSSR count). The van der Waals surface area contributed by atoms with Crippen molar-refractivity contribution in [1.82, 2.24) is 9.88 Å². The van der Waals surface area contributed by atoms with Gasteiger partial charge in [0.1, 0.15) is 5.69 Å². The van der Waals surface area contributed by atoms with E-state index in [2.05, 4.69) is 30.7 Å². The Morgan fingerprint density at radius 3 is 3.00 bits per heavy atom. The third-order valence-corrected chi connectivity index (χ3v) is 3.51. The van der Waals surface area contributed by atoms with Crippen molar-refractivity contribution in [2.75, 3.05) is 13.2 Å². The maximum Gasteiger partial charge on any atom is 0.273 e. The normalized spacial score (nSPS) is 21.4. The fourth-order valence-electron chi connectivity index (χ4n) is 2.61. The van der Waals surface area contributed by atoms with Crippen molar-refractivity contribution in [3.63, 3.8) is 0 Å². The third-order valence-electron chi connectivity index (χ3n) is 3.51. The molecule has 20 heavy (non-hydrogen) atoms. The maximum absolute atomic E-state index is 12.6. The summed E-state index contributed by atoms with van der Waals surface area (Å²) in [5, 5.41) is 8.77. The minimum Gasteiger partial charge on any atom is -0.395 e. The van der Waals surface area contributed by atoms with Crippen molar-refractivity contribution in [3.05, 3.63) is 29.6 Å². The maximum atomic E-state index is 12.6. The number of rotatable bonds is 2. The Morgan fingerprint density at radius 1 is 1.55 bits per heavy atom. The van der Waals surface area contributed by atoms with Gasteiger partial charge in [0, 0.05) is 25.2 Å². The van der Waals surface area contributed by atoms with Crippen molar-refractivity contribution in [2.45, 2.75) is 32.7 Å². The lowest BCUT2D eigenvalue weighted by Gasteiger charge is -2.21. The van der Waals surface area contributed by atoms with Crippen molar-refractivity contribution in [1.29, 1.82) is 0 Å². The standard InChI is InChI=1S/C16H20N2O2/c1-12-10-13(2)18(11-12)16(20)15-14(6-3-4-9-19)7-5-8-17-15/h5,7-8,12-13,19H,4,9-11H2,1-2H3. The summed E-state index contributed by atoms with van der Waals surface area (Å²) in [6.07, 6.45) is 3.05. The van der Waals surface area contributed by atoms with E-state index in [1.54, 1.807) is 18.3 Å². The molecule has 1 aromatic rings. The highest BCUT2D eigenvalue weighted by Gasteiger charge is 2.31. The van der Waals surface area contributed by atoms with E-state index in [1.807, 2.05) is 4.90 Å². The summed E-state index contributed by atoms with van der Waals surface area (Å²) >= 11 is 0. The lowest BCUT2D eigenvalue weighted by molar-refractivity contribution is 0.0737. The van der Waals surface area contributed by atoms with Crippen molar-refractivity contribution in [3.8, 4) is 11.8 Å². The van der Waals surface area contributed by atoms with Gasteiger partial charge in [-0.2, -0.15) is 0 Å². The summed E-state index contributed by atoms with van der Waals surface area (Å²) < 4.78 is 0. The zero-order valence-corrected chi connectivity index (χ0v) is 12.0. The molecule has 2 heterocycles. The number of amides is 1. The highest BCUT2D eigenvalue weighted by atomic mass is 16.2. The van der Waals surface area contributed by atoms with Gasteiger partial charge in [-0.1, -0.05) is 18.8 Å². The molecule has 2 unspecified atom stereocenters. The van der Waals surface area contributed by atoms with Crippen LogP contribution in [-0.4, -0.2) is 40.1 Å².